The van der Waals surface area contributed by atoms with Crippen LogP contribution < -0.4 is 5.32 Å². The highest BCUT2D eigenvalue weighted by Gasteiger charge is 2.33. The number of halogens is 4. The summed E-state index contributed by atoms with van der Waals surface area (Å²) in [6.45, 7) is 1.35. The van der Waals surface area contributed by atoms with Crippen LogP contribution in [0.4, 0.5) is 18.9 Å². The van der Waals surface area contributed by atoms with Crippen LogP contribution in [0.1, 0.15) is 12.5 Å². The normalized spacial score (nSPS) is 13.2. The standard InChI is InChI=1S/C11H11BrF3NO2/c1-6(10(17)18)5-16-9-3-2-7(12)4-8(9)11(13,14)15/h2-4,6,16H,5H2,1H3,(H,17,18). The molecule has 100 valence electrons. The van der Waals surface area contributed by atoms with E-state index in [0.29, 0.717) is 4.47 Å². The van der Waals surface area contributed by atoms with Gasteiger partial charge in [-0.15, -0.1) is 0 Å². The van der Waals surface area contributed by atoms with Gasteiger partial charge in [-0.2, -0.15) is 13.2 Å². The van der Waals surface area contributed by atoms with E-state index < -0.39 is 23.6 Å². The molecule has 3 nitrogen and oxygen atoms in total. The largest absolute Gasteiger partial charge is 0.481 e. The summed E-state index contributed by atoms with van der Waals surface area (Å²) in [4.78, 5) is 10.6. The van der Waals surface area contributed by atoms with Gasteiger partial charge >= 0.3 is 12.1 Å². The van der Waals surface area contributed by atoms with E-state index in [-0.39, 0.29) is 12.2 Å². The lowest BCUT2D eigenvalue weighted by molar-refractivity contribution is -0.140. The number of benzene rings is 1. The van der Waals surface area contributed by atoms with Gasteiger partial charge in [-0.05, 0) is 18.2 Å². The van der Waals surface area contributed by atoms with E-state index >= 15 is 0 Å². The van der Waals surface area contributed by atoms with Crippen LogP contribution in [-0.4, -0.2) is 17.6 Å². The molecule has 0 spiro atoms. The summed E-state index contributed by atoms with van der Waals surface area (Å²) in [6.07, 6.45) is -4.49. The molecule has 2 N–H and O–H groups in total. The molecule has 18 heavy (non-hydrogen) atoms. The van der Waals surface area contributed by atoms with Crippen molar-refractivity contribution in [3.05, 3.63) is 28.2 Å². The monoisotopic (exact) mass is 325 g/mol. The van der Waals surface area contributed by atoms with Crippen molar-refractivity contribution in [2.45, 2.75) is 13.1 Å². The van der Waals surface area contributed by atoms with E-state index in [1.807, 2.05) is 0 Å². The molecule has 0 aliphatic carbocycles. The Morgan fingerprint density at radius 2 is 2.11 bits per heavy atom. The first-order valence-electron chi connectivity index (χ1n) is 5.05. The fraction of sp³-hybridized carbons (Fsp3) is 0.364. The van der Waals surface area contributed by atoms with Crippen molar-refractivity contribution in [3.63, 3.8) is 0 Å². The molecule has 0 bridgehead atoms. The van der Waals surface area contributed by atoms with Crippen LogP contribution in [0.3, 0.4) is 0 Å². The fourth-order valence-electron chi connectivity index (χ4n) is 1.26. The van der Waals surface area contributed by atoms with Gasteiger partial charge in [0.25, 0.3) is 0 Å². The van der Waals surface area contributed by atoms with Crippen molar-refractivity contribution in [1.82, 2.24) is 0 Å². The predicted molar refractivity (Wildman–Crippen MR) is 64.4 cm³/mol. The Bertz CT molecular complexity index is 448. The predicted octanol–water partition coefficient (Wildman–Crippen LogP) is 3.60. The number of alkyl halides is 3. The van der Waals surface area contributed by atoms with Gasteiger partial charge in [0, 0.05) is 16.7 Å². The minimum Gasteiger partial charge on any atom is -0.481 e. The quantitative estimate of drug-likeness (QED) is 0.889. The molecule has 0 aliphatic rings. The van der Waals surface area contributed by atoms with Crippen LogP contribution >= 0.6 is 15.9 Å². The molecule has 0 fully saturated rings. The average molecular weight is 326 g/mol. The van der Waals surface area contributed by atoms with Gasteiger partial charge in [-0.3, -0.25) is 4.79 Å². The Balaban J connectivity index is 2.92. The van der Waals surface area contributed by atoms with Gasteiger partial charge in [0.05, 0.1) is 11.5 Å². The number of rotatable bonds is 4. The van der Waals surface area contributed by atoms with Gasteiger partial charge in [0.2, 0.25) is 0 Å². The molecule has 1 unspecified atom stereocenters. The first-order chi connectivity index (χ1) is 8.21. The van der Waals surface area contributed by atoms with E-state index in [9.17, 15) is 18.0 Å². The smallest absolute Gasteiger partial charge is 0.418 e. The molecule has 1 aromatic rings. The van der Waals surface area contributed by atoms with E-state index in [1.165, 1.54) is 19.1 Å². The second-order valence-corrected chi connectivity index (χ2v) is 4.72. The average Bonchev–Trinajstić information content (AvgIpc) is 2.25. The van der Waals surface area contributed by atoms with E-state index in [4.69, 9.17) is 5.11 Å². The summed E-state index contributed by atoms with van der Waals surface area (Å²) in [7, 11) is 0. The van der Waals surface area contributed by atoms with Gasteiger partial charge in [-0.25, -0.2) is 0 Å². The molecule has 7 heteroatoms. The summed E-state index contributed by atoms with van der Waals surface area (Å²) in [5.74, 6) is -1.83. The van der Waals surface area contributed by atoms with Gasteiger partial charge in [-0.1, -0.05) is 22.9 Å². The number of carbonyl (C=O) groups is 1. The number of aliphatic carboxylic acids is 1. The summed E-state index contributed by atoms with van der Waals surface area (Å²) in [6, 6.07) is 3.68. The highest BCUT2D eigenvalue weighted by atomic mass is 79.9. The van der Waals surface area contributed by atoms with Crippen LogP contribution in [0.25, 0.3) is 0 Å². The Labute approximate surface area is 110 Å². The maximum atomic E-state index is 12.7. The number of carboxylic acid groups (broad SMARTS) is 1. The topological polar surface area (TPSA) is 49.3 Å². The zero-order chi connectivity index (χ0) is 13.9. The van der Waals surface area contributed by atoms with E-state index in [2.05, 4.69) is 21.2 Å². The van der Waals surface area contributed by atoms with Gasteiger partial charge < -0.3 is 10.4 Å². The lowest BCUT2D eigenvalue weighted by Gasteiger charge is -2.16. The number of hydrogen-bond donors (Lipinski definition) is 2. The molecule has 0 saturated heterocycles. The third kappa shape index (κ3) is 3.90. The van der Waals surface area contributed by atoms with Crippen LogP contribution in [-0.2, 0) is 11.0 Å². The number of anilines is 1. The van der Waals surface area contributed by atoms with Crippen molar-refractivity contribution in [1.29, 1.82) is 0 Å². The molecule has 0 radical (unpaired) electrons. The molecule has 0 amide bonds. The summed E-state index contributed by atoms with van der Waals surface area (Å²) in [5.41, 5.74) is -0.951. The van der Waals surface area contributed by atoms with Crippen LogP contribution in [0, 0.1) is 5.92 Å². The third-order valence-electron chi connectivity index (χ3n) is 2.31. The molecule has 1 aromatic carbocycles. The fourth-order valence-corrected chi connectivity index (χ4v) is 1.62. The highest BCUT2D eigenvalue weighted by molar-refractivity contribution is 9.10. The molecular formula is C11H11BrF3NO2. The number of nitrogens with one attached hydrogen (secondary N) is 1. The van der Waals surface area contributed by atoms with Gasteiger partial charge in [0.15, 0.2) is 0 Å². The lowest BCUT2D eigenvalue weighted by Crippen LogP contribution is -2.21. The Kier molecular flexibility index (Phi) is 4.61. The molecule has 1 rings (SSSR count). The zero-order valence-electron chi connectivity index (χ0n) is 9.38. The minimum absolute atomic E-state index is 0.0694. The second kappa shape index (κ2) is 5.60. The lowest BCUT2D eigenvalue weighted by atomic mass is 10.1. The molecule has 1 atom stereocenters. The first-order valence-corrected chi connectivity index (χ1v) is 5.84. The minimum atomic E-state index is -4.49. The number of carboxylic acids is 1. The second-order valence-electron chi connectivity index (χ2n) is 3.81. The SMILES string of the molecule is CC(CNc1ccc(Br)cc1C(F)(F)F)C(=O)O. The Hall–Kier alpha value is -1.24. The van der Waals surface area contributed by atoms with Crippen molar-refractivity contribution in [2.75, 3.05) is 11.9 Å². The summed E-state index contributed by atoms with van der Waals surface area (Å²) in [5, 5.41) is 11.2. The Morgan fingerprint density at radius 3 is 2.61 bits per heavy atom. The number of hydrogen-bond acceptors (Lipinski definition) is 2. The van der Waals surface area contributed by atoms with Crippen molar-refractivity contribution >= 4 is 27.6 Å². The molecule has 0 heterocycles. The summed E-state index contributed by atoms with van der Waals surface area (Å²) < 4.78 is 38.5. The first kappa shape index (κ1) is 14.8. The summed E-state index contributed by atoms with van der Waals surface area (Å²) >= 11 is 2.97. The molecule has 0 saturated carbocycles. The van der Waals surface area contributed by atoms with Crippen LogP contribution in [0.2, 0.25) is 0 Å². The zero-order valence-corrected chi connectivity index (χ0v) is 11.0. The maximum absolute atomic E-state index is 12.7. The highest BCUT2D eigenvalue weighted by Crippen LogP contribution is 2.36. The van der Waals surface area contributed by atoms with Crippen LogP contribution in [0.5, 0.6) is 0 Å². The van der Waals surface area contributed by atoms with Crippen molar-refractivity contribution in [3.8, 4) is 0 Å². The molecule has 0 aromatic heterocycles. The Morgan fingerprint density at radius 1 is 1.50 bits per heavy atom. The van der Waals surface area contributed by atoms with E-state index in [1.54, 1.807) is 0 Å². The third-order valence-corrected chi connectivity index (χ3v) is 2.80. The van der Waals surface area contributed by atoms with Gasteiger partial charge in [0.1, 0.15) is 0 Å². The molecule has 0 aliphatic heterocycles. The van der Waals surface area contributed by atoms with Crippen molar-refractivity contribution < 1.29 is 23.1 Å². The van der Waals surface area contributed by atoms with Crippen LogP contribution in [0.15, 0.2) is 22.7 Å². The van der Waals surface area contributed by atoms with Crippen molar-refractivity contribution in [2.24, 2.45) is 5.92 Å². The molecular weight excluding hydrogens is 315 g/mol. The van der Waals surface area contributed by atoms with E-state index in [0.717, 1.165) is 6.07 Å². The maximum Gasteiger partial charge on any atom is 0.418 e.